The molecule has 0 aliphatic heterocycles. The standard InChI is InChI=1S/C8H14F3N3O3/c9-8(10,11)5-17-4-3-14-7(16)6(15)13-2-1-12/h1-5,12H2,(H,13,15)(H,14,16). The first-order valence-electron chi connectivity index (χ1n) is 4.77. The summed E-state index contributed by atoms with van der Waals surface area (Å²) in [5, 5.41) is 4.29. The number of amides is 2. The third kappa shape index (κ3) is 9.57. The van der Waals surface area contributed by atoms with E-state index in [-0.39, 0.29) is 26.2 Å². The van der Waals surface area contributed by atoms with Crippen molar-refractivity contribution >= 4 is 11.8 Å². The number of carbonyl (C=O) groups excluding carboxylic acids is 2. The summed E-state index contributed by atoms with van der Waals surface area (Å²) in [5.74, 6) is -1.82. The van der Waals surface area contributed by atoms with E-state index in [2.05, 4.69) is 15.4 Å². The summed E-state index contributed by atoms with van der Waals surface area (Å²) in [6.07, 6.45) is -4.40. The summed E-state index contributed by atoms with van der Waals surface area (Å²) in [6.45, 7) is -1.55. The fourth-order valence-corrected chi connectivity index (χ4v) is 0.771. The summed E-state index contributed by atoms with van der Waals surface area (Å²) in [5.41, 5.74) is 5.08. The molecule has 0 aliphatic rings. The first-order valence-corrected chi connectivity index (χ1v) is 4.77. The van der Waals surface area contributed by atoms with E-state index in [9.17, 15) is 22.8 Å². The molecule has 0 fully saturated rings. The van der Waals surface area contributed by atoms with Gasteiger partial charge in [-0.05, 0) is 0 Å². The van der Waals surface area contributed by atoms with E-state index in [0.29, 0.717) is 0 Å². The van der Waals surface area contributed by atoms with Gasteiger partial charge in [0.25, 0.3) is 0 Å². The number of rotatable bonds is 6. The zero-order chi connectivity index (χ0) is 13.3. The van der Waals surface area contributed by atoms with Gasteiger partial charge in [-0.25, -0.2) is 0 Å². The molecule has 6 nitrogen and oxygen atoms in total. The molecule has 0 atom stereocenters. The smallest absolute Gasteiger partial charge is 0.370 e. The van der Waals surface area contributed by atoms with Gasteiger partial charge in [-0.1, -0.05) is 0 Å². The minimum absolute atomic E-state index is 0.150. The number of hydrogen-bond donors (Lipinski definition) is 3. The quantitative estimate of drug-likeness (QED) is 0.409. The van der Waals surface area contributed by atoms with Crippen LogP contribution in [0.2, 0.25) is 0 Å². The van der Waals surface area contributed by atoms with Crippen LogP contribution in [0.15, 0.2) is 0 Å². The van der Waals surface area contributed by atoms with Gasteiger partial charge in [0.15, 0.2) is 0 Å². The topological polar surface area (TPSA) is 93.5 Å². The van der Waals surface area contributed by atoms with Crippen molar-refractivity contribution in [1.29, 1.82) is 0 Å². The van der Waals surface area contributed by atoms with Crippen molar-refractivity contribution in [3.05, 3.63) is 0 Å². The fourth-order valence-electron chi connectivity index (χ4n) is 0.771. The first kappa shape index (κ1) is 15.7. The third-order valence-electron chi connectivity index (χ3n) is 1.43. The molecule has 0 unspecified atom stereocenters. The van der Waals surface area contributed by atoms with Crippen LogP contribution in [0.25, 0.3) is 0 Å². The van der Waals surface area contributed by atoms with Crippen molar-refractivity contribution in [3.63, 3.8) is 0 Å². The maximum Gasteiger partial charge on any atom is 0.411 e. The van der Waals surface area contributed by atoms with Gasteiger partial charge in [0.1, 0.15) is 6.61 Å². The fraction of sp³-hybridized carbons (Fsp3) is 0.750. The molecule has 0 bridgehead atoms. The van der Waals surface area contributed by atoms with E-state index < -0.39 is 24.6 Å². The molecule has 0 aliphatic carbocycles. The largest absolute Gasteiger partial charge is 0.411 e. The van der Waals surface area contributed by atoms with E-state index in [0.717, 1.165) is 0 Å². The minimum atomic E-state index is -4.40. The lowest BCUT2D eigenvalue weighted by atomic mass is 10.5. The van der Waals surface area contributed by atoms with Crippen LogP contribution in [0.1, 0.15) is 0 Å². The Labute approximate surface area is 95.7 Å². The van der Waals surface area contributed by atoms with Gasteiger partial charge >= 0.3 is 18.0 Å². The number of nitrogens with two attached hydrogens (primary N) is 1. The van der Waals surface area contributed by atoms with Crippen LogP contribution in [0.3, 0.4) is 0 Å². The molecule has 0 aromatic carbocycles. The number of halogens is 3. The van der Waals surface area contributed by atoms with Crippen molar-refractivity contribution in [3.8, 4) is 0 Å². The summed E-state index contributed by atoms with van der Waals surface area (Å²) in [4.78, 5) is 21.9. The Morgan fingerprint density at radius 1 is 1.12 bits per heavy atom. The van der Waals surface area contributed by atoms with Crippen molar-refractivity contribution in [2.45, 2.75) is 6.18 Å². The molecular weight excluding hydrogens is 243 g/mol. The molecule has 0 spiro atoms. The molecule has 0 aromatic heterocycles. The number of hydrogen-bond acceptors (Lipinski definition) is 4. The molecule has 100 valence electrons. The highest BCUT2D eigenvalue weighted by molar-refractivity contribution is 6.35. The van der Waals surface area contributed by atoms with Gasteiger partial charge in [-0.15, -0.1) is 0 Å². The molecule has 0 aromatic rings. The Morgan fingerprint density at radius 2 is 1.65 bits per heavy atom. The summed E-state index contributed by atoms with van der Waals surface area (Å²) in [7, 11) is 0. The van der Waals surface area contributed by atoms with Crippen LogP contribution in [0.4, 0.5) is 13.2 Å². The van der Waals surface area contributed by atoms with E-state index in [1.54, 1.807) is 0 Å². The SMILES string of the molecule is NCCNC(=O)C(=O)NCCOCC(F)(F)F. The van der Waals surface area contributed by atoms with Crippen LogP contribution >= 0.6 is 0 Å². The van der Waals surface area contributed by atoms with E-state index in [1.807, 2.05) is 0 Å². The molecule has 4 N–H and O–H groups in total. The second-order valence-electron chi connectivity index (χ2n) is 2.97. The normalized spacial score (nSPS) is 11.1. The summed E-state index contributed by atoms with van der Waals surface area (Å²) < 4.78 is 39.1. The predicted molar refractivity (Wildman–Crippen MR) is 51.9 cm³/mol. The minimum Gasteiger partial charge on any atom is -0.370 e. The Morgan fingerprint density at radius 3 is 2.12 bits per heavy atom. The van der Waals surface area contributed by atoms with Gasteiger partial charge in [-0.2, -0.15) is 13.2 Å². The van der Waals surface area contributed by atoms with Gasteiger partial charge in [-0.3, -0.25) is 9.59 Å². The van der Waals surface area contributed by atoms with Crippen LogP contribution in [0.5, 0.6) is 0 Å². The Hall–Kier alpha value is -1.35. The molecule has 2 amide bonds. The third-order valence-corrected chi connectivity index (χ3v) is 1.43. The molecule has 0 saturated carbocycles. The Balaban J connectivity index is 3.54. The molecule has 17 heavy (non-hydrogen) atoms. The lowest BCUT2D eigenvalue weighted by Gasteiger charge is -2.08. The number of ether oxygens (including phenoxy) is 1. The van der Waals surface area contributed by atoms with Crippen molar-refractivity contribution < 1.29 is 27.5 Å². The van der Waals surface area contributed by atoms with Crippen LogP contribution in [-0.2, 0) is 14.3 Å². The highest BCUT2D eigenvalue weighted by Gasteiger charge is 2.27. The highest BCUT2D eigenvalue weighted by Crippen LogP contribution is 2.13. The zero-order valence-electron chi connectivity index (χ0n) is 8.97. The molecule has 9 heteroatoms. The van der Waals surface area contributed by atoms with Crippen LogP contribution < -0.4 is 16.4 Å². The lowest BCUT2D eigenvalue weighted by molar-refractivity contribution is -0.173. The highest BCUT2D eigenvalue weighted by atomic mass is 19.4. The van der Waals surface area contributed by atoms with Gasteiger partial charge in [0, 0.05) is 19.6 Å². The summed E-state index contributed by atoms with van der Waals surface area (Å²) >= 11 is 0. The lowest BCUT2D eigenvalue weighted by Crippen LogP contribution is -2.42. The van der Waals surface area contributed by atoms with Crippen LogP contribution in [-0.4, -0.2) is 50.8 Å². The second-order valence-corrected chi connectivity index (χ2v) is 2.97. The number of alkyl halides is 3. The van der Waals surface area contributed by atoms with Gasteiger partial charge < -0.3 is 21.1 Å². The van der Waals surface area contributed by atoms with E-state index >= 15 is 0 Å². The number of carbonyl (C=O) groups is 2. The van der Waals surface area contributed by atoms with Crippen LogP contribution in [0, 0.1) is 0 Å². The molecule has 0 saturated heterocycles. The number of nitrogens with one attached hydrogen (secondary N) is 2. The van der Waals surface area contributed by atoms with Crippen molar-refractivity contribution in [2.24, 2.45) is 5.73 Å². The molecule has 0 rings (SSSR count). The van der Waals surface area contributed by atoms with Crippen molar-refractivity contribution in [1.82, 2.24) is 10.6 Å². The monoisotopic (exact) mass is 257 g/mol. The summed E-state index contributed by atoms with van der Waals surface area (Å²) in [6, 6.07) is 0. The average molecular weight is 257 g/mol. The maximum atomic E-state index is 11.6. The molecule has 0 heterocycles. The Kier molecular flexibility index (Phi) is 7.22. The predicted octanol–water partition coefficient (Wildman–Crippen LogP) is -1.24. The average Bonchev–Trinajstić information content (AvgIpc) is 2.23. The zero-order valence-corrected chi connectivity index (χ0v) is 8.97. The van der Waals surface area contributed by atoms with Crippen molar-refractivity contribution in [2.75, 3.05) is 32.8 Å². The van der Waals surface area contributed by atoms with E-state index in [1.165, 1.54) is 0 Å². The second kappa shape index (κ2) is 7.85. The first-order chi connectivity index (χ1) is 7.87. The van der Waals surface area contributed by atoms with Gasteiger partial charge in [0.2, 0.25) is 0 Å². The molecular formula is C8H14F3N3O3. The van der Waals surface area contributed by atoms with E-state index in [4.69, 9.17) is 5.73 Å². The maximum absolute atomic E-state index is 11.6. The molecule has 0 radical (unpaired) electrons. The van der Waals surface area contributed by atoms with Gasteiger partial charge in [0.05, 0.1) is 6.61 Å². The Bertz CT molecular complexity index is 258.